The molecule has 0 unspecified atom stereocenters. The molecule has 0 radical (unpaired) electrons. The van der Waals surface area contributed by atoms with Crippen molar-refractivity contribution in [1.82, 2.24) is 9.97 Å². The Morgan fingerprint density at radius 3 is 2.44 bits per heavy atom. The quantitative estimate of drug-likeness (QED) is 0.406. The van der Waals surface area contributed by atoms with Crippen molar-refractivity contribution in [1.29, 1.82) is 0 Å². The van der Waals surface area contributed by atoms with Crippen LogP contribution in [0.15, 0.2) is 85.2 Å². The normalized spacial score (nSPS) is 10.4. The van der Waals surface area contributed by atoms with E-state index in [-0.39, 0.29) is 17.7 Å². The molecule has 160 valence electrons. The highest BCUT2D eigenvalue weighted by atomic mass is 19.1. The van der Waals surface area contributed by atoms with Crippen LogP contribution in [0, 0.1) is 5.82 Å². The first-order valence-electron chi connectivity index (χ1n) is 10.0. The number of ether oxygens (including phenoxy) is 2. The zero-order chi connectivity index (χ0) is 22.3. The number of anilines is 1. The number of carbonyl (C=O) groups is 1. The molecule has 1 heterocycles. The maximum absolute atomic E-state index is 13.0. The highest BCUT2D eigenvalue weighted by Crippen LogP contribution is 2.26. The predicted octanol–water partition coefficient (Wildman–Crippen LogP) is 5.73. The van der Waals surface area contributed by atoms with Crippen LogP contribution in [0.2, 0.25) is 0 Å². The Morgan fingerprint density at radius 2 is 1.69 bits per heavy atom. The van der Waals surface area contributed by atoms with Gasteiger partial charge in [-0.1, -0.05) is 24.3 Å². The Hall–Kier alpha value is -4.26. The van der Waals surface area contributed by atoms with Crippen LogP contribution in [0.4, 0.5) is 10.1 Å². The summed E-state index contributed by atoms with van der Waals surface area (Å²) < 4.78 is 24.1. The minimum atomic E-state index is -0.348. The summed E-state index contributed by atoms with van der Waals surface area (Å²) in [5, 5.41) is 2.89. The first kappa shape index (κ1) is 21.0. The van der Waals surface area contributed by atoms with Gasteiger partial charge in [-0.3, -0.25) is 4.79 Å². The van der Waals surface area contributed by atoms with Crippen molar-refractivity contribution < 1.29 is 18.7 Å². The van der Waals surface area contributed by atoms with Crippen molar-refractivity contribution in [2.24, 2.45) is 0 Å². The van der Waals surface area contributed by atoms with Crippen LogP contribution >= 0.6 is 0 Å². The van der Waals surface area contributed by atoms with Crippen molar-refractivity contribution in [3.05, 3.63) is 96.6 Å². The lowest BCUT2D eigenvalue weighted by Gasteiger charge is -2.12. The lowest BCUT2D eigenvalue weighted by atomic mass is 10.1. The second kappa shape index (κ2) is 9.70. The van der Waals surface area contributed by atoms with Crippen molar-refractivity contribution in [3.8, 4) is 28.6 Å². The van der Waals surface area contributed by atoms with Gasteiger partial charge >= 0.3 is 6.01 Å². The molecular weight excluding hydrogens is 409 g/mol. The summed E-state index contributed by atoms with van der Waals surface area (Å²) in [6.45, 7) is 2.39. The van der Waals surface area contributed by atoms with Crippen LogP contribution in [0.1, 0.15) is 17.3 Å². The second-order valence-electron chi connectivity index (χ2n) is 6.77. The molecule has 0 fully saturated rings. The number of hydrogen-bond acceptors (Lipinski definition) is 5. The Morgan fingerprint density at radius 1 is 0.938 bits per heavy atom. The minimum Gasteiger partial charge on any atom is -0.492 e. The second-order valence-corrected chi connectivity index (χ2v) is 6.77. The lowest BCUT2D eigenvalue weighted by Crippen LogP contribution is -2.13. The molecule has 0 spiro atoms. The molecule has 1 aromatic heterocycles. The van der Waals surface area contributed by atoms with Crippen molar-refractivity contribution in [3.63, 3.8) is 0 Å². The first-order chi connectivity index (χ1) is 15.6. The molecule has 4 rings (SSSR count). The largest absolute Gasteiger partial charge is 0.492 e. The van der Waals surface area contributed by atoms with E-state index in [0.29, 0.717) is 29.4 Å². The van der Waals surface area contributed by atoms with E-state index in [1.807, 2.05) is 31.2 Å². The highest BCUT2D eigenvalue weighted by molar-refractivity contribution is 6.05. The van der Waals surface area contributed by atoms with Crippen LogP contribution in [-0.2, 0) is 0 Å². The van der Waals surface area contributed by atoms with Crippen molar-refractivity contribution >= 4 is 11.6 Å². The SMILES string of the molecule is CCOc1ccccc1NC(=O)c1cccc(-c2cnc(Oc3ccc(F)cc3)nc2)c1. The van der Waals surface area contributed by atoms with Gasteiger partial charge < -0.3 is 14.8 Å². The van der Waals surface area contributed by atoms with Gasteiger partial charge in [0.2, 0.25) is 0 Å². The number of benzene rings is 3. The van der Waals surface area contributed by atoms with Crippen molar-refractivity contribution in [2.45, 2.75) is 6.92 Å². The number of para-hydroxylation sites is 2. The summed E-state index contributed by atoms with van der Waals surface area (Å²) in [4.78, 5) is 21.2. The lowest BCUT2D eigenvalue weighted by molar-refractivity contribution is 0.102. The molecule has 4 aromatic rings. The summed E-state index contributed by atoms with van der Waals surface area (Å²) >= 11 is 0. The molecule has 3 aromatic carbocycles. The fourth-order valence-corrected chi connectivity index (χ4v) is 3.01. The number of aromatic nitrogens is 2. The van der Waals surface area contributed by atoms with Crippen LogP contribution < -0.4 is 14.8 Å². The maximum Gasteiger partial charge on any atom is 0.321 e. The van der Waals surface area contributed by atoms with Gasteiger partial charge in [0, 0.05) is 23.5 Å². The molecule has 0 bridgehead atoms. The van der Waals surface area contributed by atoms with E-state index >= 15 is 0 Å². The molecule has 1 amide bonds. The molecule has 0 aliphatic rings. The fourth-order valence-electron chi connectivity index (χ4n) is 3.01. The monoisotopic (exact) mass is 429 g/mol. The van der Waals surface area contributed by atoms with Gasteiger partial charge in [-0.05, 0) is 61.0 Å². The van der Waals surface area contributed by atoms with Crippen LogP contribution in [0.3, 0.4) is 0 Å². The Bertz CT molecular complexity index is 1210. The first-order valence-corrected chi connectivity index (χ1v) is 10.0. The highest BCUT2D eigenvalue weighted by Gasteiger charge is 2.11. The Balaban J connectivity index is 1.49. The summed E-state index contributed by atoms with van der Waals surface area (Å²) in [5.74, 6) is 0.449. The molecule has 0 aliphatic heterocycles. The van der Waals surface area contributed by atoms with Crippen LogP contribution in [0.25, 0.3) is 11.1 Å². The molecule has 0 saturated heterocycles. The van der Waals surface area contributed by atoms with E-state index in [2.05, 4.69) is 15.3 Å². The molecule has 1 N–H and O–H groups in total. The number of hydrogen-bond donors (Lipinski definition) is 1. The fraction of sp³-hybridized carbons (Fsp3) is 0.0800. The number of rotatable bonds is 7. The van der Waals surface area contributed by atoms with Crippen LogP contribution in [0.5, 0.6) is 17.5 Å². The Labute approximate surface area is 184 Å². The van der Waals surface area contributed by atoms with E-state index in [9.17, 15) is 9.18 Å². The molecule has 6 nitrogen and oxygen atoms in total. The zero-order valence-corrected chi connectivity index (χ0v) is 17.3. The van der Waals surface area contributed by atoms with Crippen molar-refractivity contribution in [2.75, 3.05) is 11.9 Å². The van der Waals surface area contributed by atoms with E-state index in [0.717, 1.165) is 11.1 Å². The predicted molar refractivity (Wildman–Crippen MR) is 120 cm³/mol. The summed E-state index contributed by atoms with van der Waals surface area (Å²) in [7, 11) is 0. The van der Waals surface area contributed by atoms with Gasteiger partial charge in [0.15, 0.2) is 0 Å². The maximum atomic E-state index is 13.0. The van der Waals surface area contributed by atoms with E-state index in [1.54, 1.807) is 36.7 Å². The Kier molecular flexibility index (Phi) is 6.36. The van der Waals surface area contributed by atoms with E-state index < -0.39 is 0 Å². The van der Waals surface area contributed by atoms with E-state index in [1.165, 1.54) is 24.3 Å². The third-order valence-corrected chi connectivity index (χ3v) is 4.54. The zero-order valence-electron chi connectivity index (χ0n) is 17.3. The molecule has 0 atom stereocenters. The van der Waals surface area contributed by atoms with E-state index in [4.69, 9.17) is 9.47 Å². The summed E-state index contributed by atoms with van der Waals surface area (Å²) in [6.07, 6.45) is 3.21. The van der Waals surface area contributed by atoms with Gasteiger partial charge in [0.25, 0.3) is 5.91 Å². The standard InChI is InChI=1S/C25H20FN3O3/c1-2-31-23-9-4-3-8-22(23)29-24(30)18-7-5-6-17(14-18)19-15-27-25(28-16-19)32-21-12-10-20(26)11-13-21/h3-16H,2H2,1H3,(H,29,30). The molecular formula is C25H20FN3O3. The average molecular weight is 429 g/mol. The molecule has 0 aliphatic carbocycles. The number of nitrogens with one attached hydrogen (secondary N) is 1. The number of amides is 1. The van der Waals surface area contributed by atoms with Gasteiger partial charge in [-0.15, -0.1) is 0 Å². The smallest absolute Gasteiger partial charge is 0.321 e. The molecule has 7 heteroatoms. The number of halogens is 1. The van der Waals surface area contributed by atoms with Gasteiger partial charge in [0.05, 0.1) is 12.3 Å². The van der Waals surface area contributed by atoms with Crippen LogP contribution in [-0.4, -0.2) is 22.5 Å². The van der Waals surface area contributed by atoms with Gasteiger partial charge in [-0.25, -0.2) is 14.4 Å². The topological polar surface area (TPSA) is 73.3 Å². The third kappa shape index (κ3) is 5.07. The number of nitrogens with zero attached hydrogens (tertiary/aromatic N) is 2. The average Bonchev–Trinajstić information content (AvgIpc) is 2.82. The van der Waals surface area contributed by atoms with Gasteiger partial charge in [0.1, 0.15) is 17.3 Å². The summed E-state index contributed by atoms with van der Waals surface area (Å²) in [5.41, 5.74) is 2.60. The summed E-state index contributed by atoms with van der Waals surface area (Å²) in [6, 6.07) is 20.2. The molecule has 32 heavy (non-hydrogen) atoms. The molecule has 0 saturated carbocycles. The van der Waals surface area contributed by atoms with Gasteiger partial charge in [-0.2, -0.15) is 0 Å². The number of carbonyl (C=O) groups excluding carboxylic acids is 1. The third-order valence-electron chi connectivity index (χ3n) is 4.54. The minimum absolute atomic E-state index is 0.141.